The molecule has 1 aromatic carbocycles. The number of aliphatic hydroxyl groups is 1. The highest BCUT2D eigenvalue weighted by atomic mass is 79.9. The number of hydrogen-bond donors (Lipinski definition) is 3. The Bertz CT molecular complexity index is 953. The Hall–Kier alpha value is -1.91. The van der Waals surface area contributed by atoms with Gasteiger partial charge in [-0.1, -0.05) is 15.9 Å². The SMILES string of the molecule is COc1cc(=O)n(C)c(Nc2ccc(Br)cc2F)c1NS(=O)C1CC1CO. The fraction of sp³-hybridized carbons (Fsp3) is 0.353. The first-order valence-corrected chi connectivity index (χ1v) is 10.1. The Kier molecular flexibility index (Phi) is 5.87. The highest BCUT2D eigenvalue weighted by Gasteiger charge is 2.42. The quantitative estimate of drug-likeness (QED) is 0.591. The van der Waals surface area contributed by atoms with E-state index in [1.807, 2.05) is 0 Å². The van der Waals surface area contributed by atoms with Gasteiger partial charge in [0.2, 0.25) is 0 Å². The van der Waals surface area contributed by atoms with E-state index in [1.165, 1.54) is 36.9 Å². The van der Waals surface area contributed by atoms with E-state index < -0.39 is 16.8 Å². The van der Waals surface area contributed by atoms with Gasteiger partial charge >= 0.3 is 0 Å². The zero-order valence-electron chi connectivity index (χ0n) is 14.7. The Labute approximate surface area is 166 Å². The van der Waals surface area contributed by atoms with Crippen LogP contribution in [0.2, 0.25) is 0 Å². The van der Waals surface area contributed by atoms with Gasteiger partial charge < -0.3 is 15.2 Å². The number of pyridine rings is 1. The molecule has 0 saturated heterocycles. The molecule has 1 aliphatic rings. The summed E-state index contributed by atoms with van der Waals surface area (Å²) in [7, 11) is 1.41. The van der Waals surface area contributed by atoms with Gasteiger partial charge in [-0.15, -0.1) is 0 Å². The van der Waals surface area contributed by atoms with E-state index >= 15 is 0 Å². The van der Waals surface area contributed by atoms with Crippen molar-refractivity contribution in [2.75, 3.05) is 23.8 Å². The van der Waals surface area contributed by atoms with E-state index in [0.717, 1.165) is 0 Å². The van der Waals surface area contributed by atoms with Crippen molar-refractivity contribution >= 4 is 44.1 Å². The Morgan fingerprint density at radius 1 is 1.44 bits per heavy atom. The van der Waals surface area contributed by atoms with Crippen molar-refractivity contribution in [3.8, 4) is 5.75 Å². The molecule has 7 nitrogen and oxygen atoms in total. The van der Waals surface area contributed by atoms with Crippen molar-refractivity contribution in [2.24, 2.45) is 13.0 Å². The van der Waals surface area contributed by atoms with Gasteiger partial charge in [-0.2, -0.15) is 0 Å². The van der Waals surface area contributed by atoms with Crippen LogP contribution in [0.15, 0.2) is 33.5 Å². The van der Waals surface area contributed by atoms with Gasteiger partial charge in [0.25, 0.3) is 5.56 Å². The zero-order chi connectivity index (χ0) is 19.7. The number of ether oxygens (including phenoxy) is 1. The van der Waals surface area contributed by atoms with E-state index in [2.05, 4.69) is 26.0 Å². The fourth-order valence-corrected chi connectivity index (χ4v) is 4.39. The number of aromatic nitrogens is 1. The summed E-state index contributed by atoms with van der Waals surface area (Å²) in [5.74, 6) is -0.130. The molecular formula is C17H19BrFN3O4S. The minimum Gasteiger partial charge on any atom is -0.494 e. The Morgan fingerprint density at radius 3 is 2.78 bits per heavy atom. The third kappa shape index (κ3) is 4.17. The van der Waals surface area contributed by atoms with E-state index in [4.69, 9.17) is 4.74 Å². The van der Waals surface area contributed by atoms with Crippen molar-refractivity contribution in [3.05, 3.63) is 44.9 Å². The molecule has 0 spiro atoms. The van der Waals surface area contributed by atoms with Crippen LogP contribution in [-0.4, -0.2) is 32.8 Å². The van der Waals surface area contributed by atoms with E-state index in [9.17, 15) is 18.5 Å². The van der Waals surface area contributed by atoms with Gasteiger partial charge in [0, 0.05) is 24.2 Å². The van der Waals surface area contributed by atoms with Crippen LogP contribution >= 0.6 is 15.9 Å². The largest absolute Gasteiger partial charge is 0.494 e. The van der Waals surface area contributed by atoms with Crippen LogP contribution in [0.5, 0.6) is 5.75 Å². The van der Waals surface area contributed by atoms with Gasteiger partial charge in [0.1, 0.15) is 28.3 Å². The average molecular weight is 460 g/mol. The molecule has 3 N–H and O–H groups in total. The lowest BCUT2D eigenvalue weighted by atomic mass is 10.3. The molecule has 1 fully saturated rings. The molecule has 146 valence electrons. The number of aliphatic hydroxyl groups excluding tert-OH is 1. The summed E-state index contributed by atoms with van der Waals surface area (Å²) in [6.07, 6.45) is 0.647. The fourth-order valence-electron chi connectivity index (χ4n) is 2.65. The van der Waals surface area contributed by atoms with Crippen LogP contribution in [0, 0.1) is 11.7 Å². The molecule has 0 aliphatic heterocycles. The number of hydrogen-bond acceptors (Lipinski definition) is 5. The van der Waals surface area contributed by atoms with Crippen molar-refractivity contribution in [3.63, 3.8) is 0 Å². The predicted molar refractivity (Wildman–Crippen MR) is 106 cm³/mol. The van der Waals surface area contributed by atoms with Crippen molar-refractivity contribution in [1.29, 1.82) is 0 Å². The van der Waals surface area contributed by atoms with Crippen LogP contribution < -0.4 is 20.3 Å². The van der Waals surface area contributed by atoms with Crippen LogP contribution in [0.4, 0.5) is 21.6 Å². The predicted octanol–water partition coefficient (Wildman–Crippen LogP) is 2.50. The number of halogens is 2. The Morgan fingerprint density at radius 2 is 2.19 bits per heavy atom. The topological polar surface area (TPSA) is 92.6 Å². The van der Waals surface area contributed by atoms with E-state index in [0.29, 0.717) is 10.9 Å². The van der Waals surface area contributed by atoms with Gasteiger partial charge in [-0.3, -0.25) is 14.1 Å². The second-order valence-corrected chi connectivity index (χ2v) is 8.52. The van der Waals surface area contributed by atoms with Crippen LogP contribution in [0.25, 0.3) is 0 Å². The molecule has 1 saturated carbocycles. The summed E-state index contributed by atoms with van der Waals surface area (Å²) in [5.41, 5.74) is 0.0571. The first kappa shape index (κ1) is 19.8. The molecule has 27 heavy (non-hydrogen) atoms. The maximum Gasteiger partial charge on any atom is 0.255 e. The normalized spacial score (nSPS) is 19.4. The first-order valence-electron chi connectivity index (χ1n) is 8.14. The van der Waals surface area contributed by atoms with Gasteiger partial charge in [-0.05, 0) is 30.5 Å². The van der Waals surface area contributed by atoms with Crippen molar-refractivity contribution < 1.29 is 18.4 Å². The summed E-state index contributed by atoms with van der Waals surface area (Å²) in [5, 5.41) is 11.9. The summed E-state index contributed by atoms with van der Waals surface area (Å²) in [4.78, 5) is 12.2. The minimum absolute atomic E-state index is 0.0165. The smallest absolute Gasteiger partial charge is 0.255 e. The highest BCUT2D eigenvalue weighted by molar-refractivity contribution is 9.10. The average Bonchev–Trinajstić information content (AvgIpc) is 3.42. The molecule has 3 rings (SSSR count). The molecule has 0 amide bonds. The highest BCUT2D eigenvalue weighted by Crippen LogP contribution is 2.39. The molecule has 3 unspecified atom stereocenters. The number of methoxy groups -OCH3 is 1. The Balaban J connectivity index is 2.01. The third-order valence-electron chi connectivity index (χ3n) is 4.38. The molecule has 1 heterocycles. The first-order chi connectivity index (χ1) is 12.8. The van der Waals surface area contributed by atoms with Crippen molar-refractivity contribution in [2.45, 2.75) is 11.7 Å². The number of nitrogens with one attached hydrogen (secondary N) is 2. The summed E-state index contributed by atoms with van der Waals surface area (Å²) < 4.78 is 36.8. The molecule has 1 aliphatic carbocycles. The van der Waals surface area contributed by atoms with Crippen molar-refractivity contribution in [1.82, 2.24) is 4.57 Å². The molecule has 2 aromatic rings. The molecule has 0 bridgehead atoms. The lowest BCUT2D eigenvalue weighted by molar-refractivity contribution is 0.277. The van der Waals surface area contributed by atoms with E-state index in [-0.39, 0.29) is 46.3 Å². The van der Waals surface area contributed by atoms with Gasteiger partial charge in [-0.25, -0.2) is 8.60 Å². The maximum atomic E-state index is 14.3. The number of benzene rings is 1. The van der Waals surface area contributed by atoms with Gasteiger partial charge in [0.15, 0.2) is 5.75 Å². The molecule has 10 heteroatoms. The lowest BCUT2D eigenvalue weighted by Gasteiger charge is -2.19. The molecule has 3 atom stereocenters. The standard InChI is InChI=1S/C17H19BrFN3O4S/c1-22-15(24)7-13(26-2)16(21-27(25)14-5-9(14)8-23)17(22)20-12-4-3-10(18)6-11(12)19/h3-4,6-7,9,14,20-21,23H,5,8H2,1-2H3. The van der Waals surface area contributed by atoms with Gasteiger partial charge in [0.05, 0.1) is 18.0 Å². The summed E-state index contributed by atoms with van der Waals surface area (Å²) in [6, 6.07) is 5.73. The maximum absolute atomic E-state index is 14.3. The molecular weight excluding hydrogens is 441 g/mol. The summed E-state index contributed by atoms with van der Waals surface area (Å²) in [6.45, 7) is -0.0301. The summed E-state index contributed by atoms with van der Waals surface area (Å²) >= 11 is 3.20. The lowest BCUT2D eigenvalue weighted by Crippen LogP contribution is -2.23. The molecule has 1 aromatic heterocycles. The number of anilines is 3. The van der Waals surface area contributed by atoms with Crippen LogP contribution in [0.3, 0.4) is 0 Å². The zero-order valence-corrected chi connectivity index (χ0v) is 17.1. The minimum atomic E-state index is -1.49. The second-order valence-electron chi connectivity index (χ2n) is 6.20. The van der Waals surface area contributed by atoms with Crippen LogP contribution in [0.1, 0.15) is 6.42 Å². The number of rotatable bonds is 7. The van der Waals surface area contributed by atoms with Crippen LogP contribution in [-0.2, 0) is 18.0 Å². The monoisotopic (exact) mass is 459 g/mol. The third-order valence-corrected chi connectivity index (χ3v) is 6.40. The number of nitrogens with zero attached hydrogens (tertiary/aromatic N) is 1. The van der Waals surface area contributed by atoms with E-state index in [1.54, 1.807) is 6.07 Å². The molecule has 0 radical (unpaired) electrons. The second kappa shape index (κ2) is 7.99.